The molecule has 2 heterocycles. The molecule has 0 radical (unpaired) electrons. The van der Waals surface area contributed by atoms with Gasteiger partial charge in [-0.2, -0.15) is 5.10 Å². The molecule has 0 spiro atoms. The highest BCUT2D eigenvalue weighted by Gasteiger charge is 2.26. The molecule has 0 saturated carbocycles. The molecule has 1 N–H and O–H groups in total. The number of fused-ring (bicyclic) bond motifs is 1. The number of esters is 1. The summed E-state index contributed by atoms with van der Waals surface area (Å²) in [4.78, 5) is 38.3. The standard InChI is InChI=1S/C18H21N3O4/c1-2-12-7-5-6-10-21(12)15(22)11-25-18(24)16-13-8-3-4-9-14(13)17(23)20-19-16/h3-4,8-9,12H,2,5-7,10-11H2,1H3,(H,20,23)/t12-/m1/s1. The van der Waals surface area contributed by atoms with Gasteiger partial charge in [-0.1, -0.05) is 25.1 Å². The Morgan fingerprint density at radius 3 is 2.80 bits per heavy atom. The van der Waals surface area contributed by atoms with Gasteiger partial charge in [0.15, 0.2) is 12.3 Å². The van der Waals surface area contributed by atoms with E-state index in [1.807, 2.05) is 0 Å². The molecule has 1 amide bonds. The Balaban J connectivity index is 1.72. The molecule has 0 unspecified atom stereocenters. The van der Waals surface area contributed by atoms with Crippen LogP contribution in [-0.4, -0.2) is 46.2 Å². The lowest BCUT2D eigenvalue weighted by Crippen LogP contribution is -2.45. The number of ether oxygens (including phenoxy) is 1. The first-order chi connectivity index (χ1) is 12.1. The maximum atomic E-state index is 12.4. The second-order valence-corrected chi connectivity index (χ2v) is 6.17. The Hall–Kier alpha value is -2.70. The van der Waals surface area contributed by atoms with Gasteiger partial charge in [-0.15, -0.1) is 0 Å². The van der Waals surface area contributed by atoms with E-state index in [9.17, 15) is 14.4 Å². The van der Waals surface area contributed by atoms with Crippen molar-refractivity contribution in [3.05, 3.63) is 40.3 Å². The first kappa shape index (κ1) is 17.1. The molecule has 1 aliphatic rings. The molecule has 1 atom stereocenters. The summed E-state index contributed by atoms with van der Waals surface area (Å²) >= 11 is 0. The van der Waals surface area contributed by atoms with Crippen LogP contribution in [0.1, 0.15) is 43.1 Å². The highest BCUT2D eigenvalue weighted by Crippen LogP contribution is 2.20. The number of likely N-dealkylation sites (tertiary alicyclic amines) is 1. The van der Waals surface area contributed by atoms with E-state index in [0.717, 1.165) is 25.7 Å². The van der Waals surface area contributed by atoms with Crippen LogP contribution >= 0.6 is 0 Å². The van der Waals surface area contributed by atoms with Crippen molar-refractivity contribution in [1.82, 2.24) is 15.1 Å². The zero-order chi connectivity index (χ0) is 17.8. The second kappa shape index (κ2) is 7.46. The number of hydrogen-bond donors (Lipinski definition) is 1. The summed E-state index contributed by atoms with van der Waals surface area (Å²) in [5.74, 6) is -0.903. The van der Waals surface area contributed by atoms with Crippen LogP contribution in [0, 0.1) is 0 Å². The fourth-order valence-corrected chi connectivity index (χ4v) is 3.30. The summed E-state index contributed by atoms with van der Waals surface area (Å²) in [6.07, 6.45) is 3.98. The average Bonchev–Trinajstić information content (AvgIpc) is 2.66. The van der Waals surface area contributed by atoms with Crippen LogP contribution in [-0.2, 0) is 9.53 Å². The van der Waals surface area contributed by atoms with Gasteiger partial charge in [0.05, 0.1) is 5.39 Å². The van der Waals surface area contributed by atoms with Crippen molar-refractivity contribution in [2.45, 2.75) is 38.6 Å². The van der Waals surface area contributed by atoms with Crippen LogP contribution in [0.3, 0.4) is 0 Å². The third-order valence-corrected chi connectivity index (χ3v) is 4.63. The fourth-order valence-electron chi connectivity index (χ4n) is 3.30. The van der Waals surface area contributed by atoms with Crippen molar-refractivity contribution >= 4 is 22.6 Å². The molecule has 0 bridgehead atoms. The van der Waals surface area contributed by atoms with Gasteiger partial charge < -0.3 is 9.64 Å². The van der Waals surface area contributed by atoms with Crippen LogP contribution in [0.4, 0.5) is 0 Å². The zero-order valence-electron chi connectivity index (χ0n) is 14.2. The van der Waals surface area contributed by atoms with E-state index in [1.165, 1.54) is 0 Å². The predicted octanol–water partition coefficient (Wildman–Crippen LogP) is 1.87. The Bertz CT molecular complexity index is 846. The van der Waals surface area contributed by atoms with Crippen molar-refractivity contribution in [2.24, 2.45) is 0 Å². The van der Waals surface area contributed by atoms with Gasteiger partial charge in [-0.3, -0.25) is 9.59 Å². The number of carbonyl (C=O) groups excluding carboxylic acids is 2. The minimum atomic E-state index is -0.717. The number of carbonyl (C=O) groups is 2. The van der Waals surface area contributed by atoms with Gasteiger partial charge in [0, 0.05) is 18.0 Å². The molecular formula is C18H21N3O4. The molecule has 132 valence electrons. The van der Waals surface area contributed by atoms with Crippen LogP contribution in [0.2, 0.25) is 0 Å². The third-order valence-electron chi connectivity index (χ3n) is 4.63. The van der Waals surface area contributed by atoms with E-state index in [1.54, 1.807) is 29.2 Å². The number of aromatic amines is 1. The van der Waals surface area contributed by atoms with Gasteiger partial charge in [-0.05, 0) is 31.7 Å². The van der Waals surface area contributed by atoms with Crippen LogP contribution < -0.4 is 5.56 Å². The van der Waals surface area contributed by atoms with E-state index in [0.29, 0.717) is 17.3 Å². The number of hydrogen-bond acceptors (Lipinski definition) is 5. The largest absolute Gasteiger partial charge is 0.451 e. The highest BCUT2D eigenvalue weighted by atomic mass is 16.5. The van der Waals surface area contributed by atoms with Crippen molar-refractivity contribution in [3.8, 4) is 0 Å². The van der Waals surface area contributed by atoms with E-state index in [2.05, 4.69) is 17.1 Å². The molecule has 1 aliphatic heterocycles. The maximum absolute atomic E-state index is 12.4. The minimum Gasteiger partial charge on any atom is -0.451 e. The fraction of sp³-hybridized carbons (Fsp3) is 0.444. The molecule has 1 saturated heterocycles. The van der Waals surface area contributed by atoms with Gasteiger partial charge >= 0.3 is 5.97 Å². The number of aromatic nitrogens is 2. The number of piperidine rings is 1. The lowest BCUT2D eigenvalue weighted by molar-refractivity contribution is -0.138. The summed E-state index contributed by atoms with van der Waals surface area (Å²) in [6.45, 7) is 2.44. The Morgan fingerprint density at radius 1 is 1.28 bits per heavy atom. The van der Waals surface area contributed by atoms with Gasteiger partial charge in [-0.25, -0.2) is 9.89 Å². The van der Waals surface area contributed by atoms with Gasteiger partial charge in [0.2, 0.25) is 0 Å². The van der Waals surface area contributed by atoms with E-state index < -0.39 is 5.97 Å². The number of benzene rings is 1. The van der Waals surface area contributed by atoms with E-state index in [-0.39, 0.29) is 29.8 Å². The van der Waals surface area contributed by atoms with E-state index >= 15 is 0 Å². The Morgan fingerprint density at radius 2 is 2.04 bits per heavy atom. The molecule has 1 fully saturated rings. The first-order valence-corrected chi connectivity index (χ1v) is 8.55. The zero-order valence-corrected chi connectivity index (χ0v) is 14.2. The van der Waals surface area contributed by atoms with Crippen molar-refractivity contribution in [2.75, 3.05) is 13.2 Å². The quantitative estimate of drug-likeness (QED) is 0.856. The molecule has 1 aromatic heterocycles. The number of nitrogens with zero attached hydrogens (tertiary/aromatic N) is 2. The second-order valence-electron chi connectivity index (χ2n) is 6.17. The van der Waals surface area contributed by atoms with Crippen LogP contribution in [0.5, 0.6) is 0 Å². The summed E-state index contributed by atoms with van der Waals surface area (Å²) in [7, 11) is 0. The Kier molecular flexibility index (Phi) is 5.11. The number of H-pyrrole nitrogens is 1. The van der Waals surface area contributed by atoms with Crippen LogP contribution in [0.25, 0.3) is 10.8 Å². The van der Waals surface area contributed by atoms with Gasteiger partial charge in [0.1, 0.15) is 0 Å². The van der Waals surface area contributed by atoms with E-state index in [4.69, 9.17) is 4.74 Å². The number of nitrogens with one attached hydrogen (secondary N) is 1. The van der Waals surface area contributed by atoms with Gasteiger partial charge in [0.25, 0.3) is 11.5 Å². The lowest BCUT2D eigenvalue weighted by atomic mass is 10.00. The third kappa shape index (κ3) is 3.55. The van der Waals surface area contributed by atoms with Crippen LogP contribution in [0.15, 0.2) is 29.1 Å². The molecule has 0 aliphatic carbocycles. The monoisotopic (exact) mass is 343 g/mol. The van der Waals surface area contributed by atoms with Crippen molar-refractivity contribution in [3.63, 3.8) is 0 Å². The molecule has 25 heavy (non-hydrogen) atoms. The van der Waals surface area contributed by atoms with Crippen molar-refractivity contribution in [1.29, 1.82) is 0 Å². The normalized spacial score (nSPS) is 17.5. The average molecular weight is 343 g/mol. The summed E-state index contributed by atoms with van der Waals surface area (Å²) in [5, 5.41) is 6.85. The smallest absolute Gasteiger partial charge is 0.359 e. The SMILES string of the molecule is CC[C@@H]1CCCCN1C(=O)COC(=O)c1n[nH]c(=O)c2ccccc12. The topological polar surface area (TPSA) is 92.4 Å². The molecule has 3 rings (SSSR count). The lowest BCUT2D eigenvalue weighted by Gasteiger charge is -2.35. The minimum absolute atomic E-state index is 0.00804. The van der Waals surface area contributed by atoms with Crippen molar-refractivity contribution < 1.29 is 14.3 Å². The summed E-state index contributed by atoms with van der Waals surface area (Å²) in [5.41, 5.74) is -0.365. The molecule has 2 aromatic rings. The molecule has 7 heteroatoms. The summed E-state index contributed by atoms with van der Waals surface area (Å²) in [6, 6.07) is 6.88. The summed E-state index contributed by atoms with van der Waals surface area (Å²) < 4.78 is 5.17. The highest BCUT2D eigenvalue weighted by molar-refractivity contribution is 6.02. The molecule has 1 aromatic carbocycles. The Labute approximate surface area is 145 Å². The predicted molar refractivity (Wildman–Crippen MR) is 92.3 cm³/mol. The number of amides is 1. The number of rotatable bonds is 4. The molecule has 7 nitrogen and oxygen atoms in total. The first-order valence-electron chi connectivity index (χ1n) is 8.55. The molecular weight excluding hydrogens is 322 g/mol. The maximum Gasteiger partial charge on any atom is 0.359 e.